The van der Waals surface area contributed by atoms with Crippen LogP contribution in [-0.4, -0.2) is 16.1 Å². The lowest BCUT2D eigenvalue weighted by molar-refractivity contribution is -0.516. The molecule has 3 rings (SSSR count). The number of aromatic carboxylic acids is 1. The second-order valence-electron chi connectivity index (χ2n) is 4.01. The average Bonchev–Trinajstić information content (AvgIpc) is 2.67. The van der Waals surface area contributed by atoms with Gasteiger partial charge in [-0.15, -0.1) is 0 Å². The van der Waals surface area contributed by atoms with Crippen LogP contribution in [0.4, 0.5) is 0 Å². The van der Waals surface area contributed by atoms with Crippen LogP contribution >= 0.6 is 0 Å². The van der Waals surface area contributed by atoms with Gasteiger partial charge in [-0.2, -0.15) is 4.40 Å². The van der Waals surface area contributed by atoms with E-state index in [0.29, 0.717) is 5.69 Å². The van der Waals surface area contributed by atoms with Crippen molar-refractivity contribution in [3.05, 3.63) is 47.9 Å². The van der Waals surface area contributed by atoms with Gasteiger partial charge in [-0.3, -0.25) is 0 Å². The zero-order valence-corrected chi connectivity index (χ0v) is 9.27. The molecule has 0 amide bonds. The lowest BCUT2D eigenvalue weighted by Gasteiger charge is -1.94. The molecule has 0 radical (unpaired) electrons. The van der Waals surface area contributed by atoms with Crippen LogP contribution < -0.4 is 4.40 Å². The van der Waals surface area contributed by atoms with Crippen LogP contribution in [0.2, 0.25) is 0 Å². The Morgan fingerprint density at radius 2 is 2.06 bits per heavy atom. The monoisotopic (exact) mass is 227 g/mol. The van der Waals surface area contributed by atoms with E-state index in [-0.39, 0.29) is 5.69 Å². The van der Waals surface area contributed by atoms with Crippen LogP contribution in [0.3, 0.4) is 0 Å². The lowest BCUT2D eigenvalue weighted by atomic mass is 10.2. The largest absolute Gasteiger partial charge is 0.475 e. The molecule has 4 heteroatoms. The number of H-pyrrole nitrogens is 1. The molecule has 0 fully saturated rings. The molecule has 1 aromatic carbocycles. The second kappa shape index (κ2) is 3.31. The first kappa shape index (κ1) is 9.84. The van der Waals surface area contributed by atoms with Gasteiger partial charge >= 0.3 is 5.97 Å². The van der Waals surface area contributed by atoms with Gasteiger partial charge < -0.3 is 5.11 Å². The van der Waals surface area contributed by atoms with E-state index < -0.39 is 5.97 Å². The van der Waals surface area contributed by atoms with E-state index in [1.54, 1.807) is 6.92 Å². The number of rotatable bonds is 1. The van der Waals surface area contributed by atoms with Crippen molar-refractivity contribution >= 4 is 22.4 Å². The van der Waals surface area contributed by atoms with Crippen molar-refractivity contribution in [2.45, 2.75) is 6.92 Å². The van der Waals surface area contributed by atoms with Crippen LogP contribution in [0.15, 0.2) is 36.5 Å². The number of carbonyl (C=O) groups is 1. The minimum absolute atomic E-state index is 0.237. The molecule has 17 heavy (non-hydrogen) atoms. The molecule has 0 aliphatic rings. The molecule has 2 N–H and O–H groups in total. The van der Waals surface area contributed by atoms with Gasteiger partial charge in [0.25, 0.3) is 11.3 Å². The molecular formula is C13H11N2O2+. The summed E-state index contributed by atoms with van der Waals surface area (Å²) < 4.78 is 1.87. The first-order chi connectivity index (χ1) is 8.18. The molecule has 3 aromatic rings. The SMILES string of the molecule is Cc1c(C(=O)O)[nH]c2c3ccccc3cc[n+]12. The number of nitrogens with one attached hydrogen (secondary N) is 1. The highest BCUT2D eigenvalue weighted by molar-refractivity contribution is 5.94. The van der Waals surface area contributed by atoms with Crippen LogP contribution in [-0.2, 0) is 0 Å². The number of imidazole rings is 1. The van der Waals surface area contributed by atoms with E-state index in [9.17, 15) is 4.79 Å². The Labute approximate surface area is 97.1 Å². The number of fused-ring (bicyclic) bond motifs is 3. The molecule has 2 heterocycles. The Morgan fingerprint density at radius 1 is 1.29 bits per heavy atom. The molecule has 4 nitrogen and oxygen atoms in total. The Morgan fingerprint density at radius 3 is 2.82 bits per heavy atom. The summed E-state index contributed by atoms with van der Waals surface area (Å²) in [6.45, 7) is 1.79. The van der Waals surface area contributed by atoms with Gasteiger partial charge in [-0.25, -0.2) is 9.78 Å². The number of benzene rings is 1. The number of pyridine rings is 1. The van der Waals surface area contributed by atoms with Crippen molar-refractivity contribution < 1.29 is 14.3 Å². The van der Waals surface area contributed by atoms with Gasteiger partial charge in [0.2, 0.25) is 0 Å². The number of nitrogens with zero attached hydrogens (tertiary/aromatic N) is 1. The number of carboxylic acids is 1. The minimum atomic E-state index is -0.935. The zero-order valence-electron chi connectivity index (χ0n) is 9.27. The Bertz CT molecular complexity index is 744. The molecular weight excluding hydrogens is 216 g/mol. The summed E-state index contributed by atoms with van der Waals surface area (Å²) >= 11 is 0. The highest BCUT2D eigenvalue weighted by atomic mass is 16.4. The summed E-state index contributed by atoms with van der Waals surface area (Å²) in [4.78, 5) is 14.1. The molecule has 0 saturated heterocycles. The van der Waals surface area contributed by atoms with Crippen molar-refractivity contribution in [2.24, 2.45) is 0 Å². The smallest absolute Gasteiger partial charge is 0.380 e. The summed E-state index contributed by atoms with van der Waals surface area (Å²) in [6, 6.07) is 9.87. The van der Waals surface area contributed by atoms with Gasteiger partial charge in [0.1, 0.15) is 0 Å². The topological polar surface area (TPSA) is 57.2 Å². The molecule has 84 valence electrons. The third-order valence-electron chi connectivity index (χ3n) is 3.04. The van der Waals surface area contributed by atoms with Gasteiger partial charge in [0, 0.05) is 6.92 Å². The molecule has 0 aliphatic heterocycles. The Kier molecular flexibility index (Phi) is 1.92. The molecule has 0 aliphatic carbocycles. The summed E-state index contributed by atoms with van der Waals surface area (Å²) in [5.41, 5.74) is 1.76. The average molecular weight is 227 g/mol. The Hall–Kier alpha value is -2.36. The normalized spacial score (nSPS) is 11.1. The van der Waals surface area contributed by atoms with E-state index in [2.05, 4.69) is 4.98 Å². The van der Waals surface area contributed by atoms with E-state index in [4.69, 9.17) is 5.11 Å². The minimum Gasteiger partial charge on any atom is -0.475 e. The van der Waals surface area contributed by atoms with Gasteiger partial charge in [-0.05, 0) is 17.5 Å². The summed E-state index contributed by atoms with van der Waals surface area (Å²) in [7, 11) is 0. The fourth-order valence-electron chi connectivity index (χ4n) is 2.16. The third kappa shape index (κ3) is 1.30. The maximum atomic E-state index is 11.1. The van der Waals surface area contributed by atoms with Gasteiger partial charge in [0.15, 0.2) is 5.69 Å². The van der Waals surface area contributed by atoms with E-state index in [0.717, 1.165) is 16.4 Å². The van der Waals surface area contributed by atoms with Crippen molar-refractivity contribution in [1.82, 2.24) is 4.98 Å². The van der Waals surface area contributed by atoms with Crippen molar-refractivity contribution in [3.8, 4) is 0 Å². The van der Waals surface area contributed by atoms with Crippen LogP contribution in [0.1, 0.15) is 16.2 Å². The zero-order chi connectivity index (χ0) is 12.0. The van der Waals surface area contributed by atoms with Crippen molar-refractivity contribution in [1.29, 1.82) is 0 Å². The highest BCUT2D eigenvalue weighted by Gasteiger charge is 2.22. The van der Waals surface area contributed by atoms with Crippen LogP contribution in [0.5, 0.6) is 0 Å². The maximum Gasteiger partial charge on any atom is 0.380 e. The number of aryl methyl sites for hydroxylation is 1. The second-order valence-corrected chi connectivity index (χ2v) is 4.01. The molecule has 0 atom stereocenters. The van der Waals surface area contributed by atoms with E-state index >= 15 is 0 Å². The number of aromatic amines is 1. The molecule has 0 bridgehead atoms. The molecule has 2 aromatic heterocycles. The quantitative estimate of drug-likeness (QED) is 0.624. The van der Waals surface area contributed by atoms with Crippen molar-refractivity contribution in [3.63, 3.8) is 0 Å². The maximum absolute atomic E-state index is 11.1. The Balaban J connectivity index is 2.51. The van der Waals surface area contributed by atoms with E-state index in [1.165, 1.54) is 0 Å². The summed E-state index contributed by atoms with van der Waals surface area (Å²) in [6.07, 6.45) is 1.88. The predicted octanol–water partition coefficient (Wildman–Crippen LogP) is 1.91. The fourth-order valence-corrected chi connectivity index (χ4v) is 2.16. The first-order valence-corrected chi connectivity index (χ1v) is 5.33. The van der Waals surface area contributed by atoms with Gasteiger partial charge in [-0.1, -0.05) is 18.2 Å². The number of hydrogen-bond acceptors (Lipinski definition) is 1. The van der Waals surface area contributed by atoms with Crippen molar-refractivity contribution in [2.75, 3.05) is 0 Å². The van der Waals surface area contributed by atoms with Crippen LogP contribution in [0.25, 0.3) is 16.4 Å². The predicted molar refractivity (Wildman–Crippen MR) is 63.2 cm³/mol. The standard InChI is InChI=1S/C13H10N2O2/c1-8-11(13(16)17)14-12-10-5-3-2-4-9(10)6-7-15(8)12/h2-7H,1H3,(H,16,17)/p+1. The molecule has 0 saturated carbocycles. The summed E-state index contributed by atoms with van der Waals surface area (Å²) in [5.74, 6) is -0.935. The molecule has 0 spiro atoms. The number of aromatic nitrogens is 2. The van der Waals surface area contributed by atoms with Gasteiger partial charge in [0.05, 0.1) is 11.6 Å². The fraction of sp³-hybridized carbons (Fsp3) is 0.0769. The first-order valence-electron chi connectivity index (χ1n) is 5.33. The van der Waals surface area contributed by atoms with Crippen LogP contribution in [0, 0.1) is 6.92 Å². The lowest BCUT2D eigenvalue weighted by Crippen LogP contribution is -2.22. The number of hydrogen-bond donors (Lipinski definition) is 2. The number of carboxylic acid groups (broad SMARTS) is 1. The highest BCUT2D eigenvalue weighted by Crippen LogP contribution is 2.17. The summed E-state index contributed by atoms with van der Waals surface area (Å²) in [5, 5.41) is 11.2. The molecule has 0 unspecified atom stereocenters. The van der Waals surface area contributed by atoms with E-state index in [1.807, 2.05) is 40.9 Å². The third-order valence-corrected chi connectivity index (χ3v) is 3.04.